The molecule has 0 fully saturated rings. The van der Waals surface area contributed by atoms with Crippen molar-refractivity contribution in [3.63, 3.8) is 0 Å². The fourth-order valence-corrected chi connectivity index (χ4v) is 1.37. The molecule has 0 unspecified atom stereocenters. The van der Waals surface area contributed by atoms with E-state index >= 15 is 0 Å². The maximum absolute atomic E-state index is 4.95. The molecular weight excluding hydrogens is 176 g/mol. The van der Waals surface area contributed by atoms with E-state index in [-0.39, 0.29) is 5.41 Å². The number of hydrogen-bond acceptors (Lipinski definition) is 3. The largest absolute Gasteiger partial charge is 0.370 e. The minimum absolute atomic E-state index is 0.113. The summed E-state index contributed by atoms with van der Waals surface area (Å²) in [6.07, 6.45) is 3.65. The quantitative estimate of drug-likeness (QED) is 0.570. The normalized spacial score (nSPS) is 11.6. The molecule has 0 saturated carbocycles. The Labute approximate surface area is 85.5 Å². The van der Waals surface area contributed by atoms with Gasteiger partial charge in [0.1, 0.15) is 0 Å². The van der Waals surface area contributed by atoms with Gasteiger partial charge >= 0.3 is 0 Å². The highest BCUT2D eigenvalue weighted by Gasteiger charge is 2.19. The Hall–Kier alpha value is -0.930. The number of methoxy groups -OCH3 is 1. The van der Waals surface area contributed by atoms with Crippen molar-refractivity contribution >= 4 is 0 Å². The lowest BCUT2D eigenvalue weighted by atomic mass is 9.85. The molecule has 0 aliphatic carbocycles. The van der Waals surface area contributed by atoms with Crippen LogP contribution in [-0.4, -0.2) is 25.4 Å². The van der Waals surface area contributed by atoms with Crippen LogP contribution in [0, 0.1) is 0 Å². The Balaban J connectivity index is 2.56. The first-order valence-electron chi connectivity index (χ1n) is 4.77. The number of aromatic nitrogens is 1. The molecule has 0 radical (unpaired) electrons. The predicted octanol–water partition coefficient (Wildman–Crippen LogP) is 1.55. The number of ether oxygens (including phenoxy) is 1. The van der Waals surface area contributed by atoms with E-state index < -0.39 is 0 Å². The molecule has 1 N–H and O–H groups in total. The zero-order chi connectivity index (χ0) is 10.4. The van der Waals surface area contributed by atoms with Crippen LogP contribution < -0.4 is 5.32 Å². The van der Waals surface area contributed by atoms with Crippen LogP contribution in [0.4, 0.5) is 0 Å². The molecule has 0 saturated heterocycles. The van der Waals surface area contributed by atoms with Crippen molar-refractivity contribution in [2.24, 2.45) is 0 Å². The van der Waals surface area contributed by atoms with Gasteiger partial charge in [-0.05, 0) is 17.7 Å². The summed E-state index contributed by atoms with van der Waals surface area (Å²) in [4.78, 5) is 4.01. The van der Waals surface area contributed by atoms with Gasteiger partial charge in [0.25, 0.3) is 0 Å². The molecule has 1 aromatic rings. The molecule has 1 heterocycles. The van der Waals surface area contributed by atoms with E-state index in [0.29, 0.717) is 6.73 Å². The first-order valence-corrected chi connectivity index (χ1v) is 4.77. The Morgan fingerprint density at radius 3 is 2.57 bits per heavy atom. The molecule has 0 atom stereocenters. The minimum Gasteiger partial charge on any atom is -0.370 e. The van der Waals surface area contributed by atoms with Crippen molar-refractivity contribution in [3.05, 3.63) is 30.1 Å². The molecule has 14 heavy (non-hydrogen) atoms. The fraction of sp³-hybridized carbons (Fsp3) is 0.545. The van der Waals surface area contributed by atoms with Crippen LogP contribution in [-0.2, 0) is 10.2 Å². The van der Waals surface area contributed by atoms with Crippen LogP contribution in [0.2, 0.25) is 0 Å². The number of nitrogens with zero attached hydrogens (tertiary/aromatic N) is 1. The number of nitrogens with one attached hydrogen (secondary N) is 1. The fourth-order valence-electron chi connectivity index (χ4n) is 1.37. The molecule has 0 spiro atoms. The summed E-state index contributed by atoms with van der Waals surface area (Å²) in [6.45, 7) is 5.88. The van der Waals surface area contributed by atoms with E-state index in [4.69, 9.17) is 4.74 Å². The maximum Gasteiger partial charge on any atom is 0.0961 e. The summed E-state index contributed by atoms with van der Waals surface area (Å²) in [7, 11) is 1.69. The molecular formula is C11H18N2O. The highest BCUT2D eigenvalue weighted by Crippen LogP contribution is 2.20. The van der Waals surface area contributed by atoms with Crippen molar-refractivity contribution in [1.82, 2.24) is 10.3 Å². The summed E-state index contributed by atoms with van der Waals surface area (Å²) in [5.41, 5.74) is 1.40. The summed E-state index contributed by atoms with van der Waals surface area (Å²) >= 11 is 0. The molecule has 0 aliphatic heterocycles. The number of hydrogen-bond donors (Lipinski definition) is 1. The first-order chi connectivity index (χ1) is 6.67. The molecule has 3 heteroatoms. The average Bonchev–Trinajstić information content (AvgIpc) is 2.19. The minimum atomic E-state index is 0.113. The highest BCUT2D eigenvalue weighted by atomic mass is 16.5. The van der Waals surface area contributed by atoms with E-state index in [0.717, 1.165) is 6.54 Å². The number of pyridine rings is 1. The topological polar surface area (TPSA) is 34.1 Å². The molecule has 78 valence electrons. The van der Waals surface area contributed by atoms with Crippen LogP contribution in [0.1, 0.15) is 19.4 Å². The average molecular weight is 194 g/mol. The zero-order valence-corrected chi connectivity index (χ0v) is 9.08. The van der Waals surface area contributed by atoms with Gasteiger partial charge in [-0.3, -0.25) is 10.3 Å². The van der Waals surface area contributed by atoms with E-state index in [1.165, 1.54) is 5.56 Å². The molecule has 0 bridgehead atoms. The Bertz CT molecular complexity index is 259. The van der Waals surface area contributed by atoms with Gasteiger partial charge in [0.2, 0.25) is 0 Å². The van der Waals surface area contributed by atoms with Gasteiger partial charge < -0.3 is 4.74 Å². The summed E-state index contributed by atoms with van der Waals surface area (Å²) < 4.78 is 4.95. The number of rotatable bonds is 5. The molecule has 1 rings (SSSR count). The van der Waals surface area contributed by atoms with Crippen molar-refractivity contribution in [2.75, 3.05) is 20.4 Å². The third-order valence-corrected chi connectivity index (χ3v) is 2.28. The summed E-state index contributed by atoms with van der Waals surface area (Å²) in [6, 6.07) is 4.10. The second-order valence-electron chi connectivity index (χ2n) is 3.98. The first kappa shape index (κ1) is 11.1. The lowest BCUT2D eigenvalue weighted by Crippen LogP contribution is -2.33. The van der Waals surface area contributed by atoms with Crippen LogP contribution in [0.3, 0.4) is 0 Å². The smallest absolute Gasteiger partial charge is 0.0961 e. The van der Waals surface area contributed by atoms with Gasteiger partial charge in [-0.15, -0.1) is 0 Å². The van der Waals surface area contributed by atoms with Gasteiger partial charge in [-0.25, -0.2) is 0 Å². The molecule has 0 amide bonds. The summed E-state index contributed by atoms with van der Waals surface area (Å²) in [5, 5.41) is 3.23. The van der Waals surface area contributed by atoms with Gasteiger partial charge in [0.05, 0.1) is 6.73 Å². The Kier molecular flexibility index (Phi) is 4.04. The third-order valence-electron chi connectivity index (χ3n) is 2.28. The van der Waals surface area contributed by atoms with Crippen molar-refractivity contribution < 1.29 is 4.74 Å². The van der Waals surface area contributed by atoms with E-state index in [9.17, 15) is 0 Å². The second-order valence-corrected chi connectivity index (χ2v) is 3.98. The maximum atomic E-state index is 4.95. The van der Waals surface area contributed by atoms with Crippen LogP contribution in [0.15, 0.2) is 24.5 Å². The zero-order valence-electron chi connectivity index (χ0n) is 9.08. The Morgan fingerprint density at radius 1 is 1.36 bits per heavy atom. The monoisotopic (exact) mass is 194 g/mol. The van der Waals surface area contributed by atoms with E-state index in [1.807, 2.05) is 12.4 Å². The van der Waals surface area contributed by atoms with E-state index in [1.54, 1.807) is 7.11 Å². The second kappa shape index (κ2) is 5.08. The van der Waals surface area contributed by atoms with Gasteiger partial charge in [0, 0.05) is 31.5 Å². The van der Waals surface area contributed by atoms with Gasteiger partial charge in [0.15, 0.2) is 0 Å². The Morgan fingerprint density at radius 2 is 2.00 bits per heavy atom. The van der Waals surface area contributed by atoms with Crippen LogP contribution in [0.5, 0.6) is 0 Å². The van der Waals surface area contributed by atoms with Crippen molar-refractivity contribution in [1.29, 1.82) is 0 Å². The van der Waals surface area contributed by atoms with Gasteiger partial charge in [-0.2, -0.15) is 0 Å². The lowest BCUT2D eigenvalue weighted by Gasteiger charge is -2.25. The molecule has 3 nitrogen and oxygen atoms in total. The lowest BCUT2D eigenvalue weighted by molar-refractivity contribution is 0.169. The molecule has 0 aromatic carbocycles. The SMILES string of the molecule is COCNCC(C)(C)c1ccncc1. The van der Waals surface area contributed by atoms with Crippen molar-refractivity contribution in [2.45, 2.75) is 19.3 Å². The van der Waals surface area contributed by atoms with Crippen LogP contribution in [0.25, 0.3) is 0 Å². The highest BCUT2D eigenvalue weighted by molar-refractivity contribution is 5.20. The van der Waals surface area contributed by atoms with Crippen molar-refractivity contribution in [3.8, 4) is 0 Å². The summed E-state index contributed by atoms with van der Waals surface area (Å²) in [5.74, 6) is 0. The third kappa shape index (κ3) is 3.09. The van der Waals surface area contributed by atoms with Crippen LogP contribution >= 0.6 is 0 Å². The molecule has 1 aromatic heterocycles. The van der Waals surface area contributed by atoms with E-state index in [2.05, 4.69) is 36.3 Å². The predicted molar refractivity (Wildman–Crippen MR) is 57.1 cm³/mol. The van der Waals surface area contributed by atoms with Gasteiger partial charge in [-0.1, -0.05) is 13.8 Å². The molecule has 0 aliphatic rings. The standard InChI is InChI=1S/C11H18N2O/c1-11(2,8-13-9-14-3)10-4-6-12-7-5-10/h4-7,13H,8-9H2,1-3H3.